The van der Waals surface area contributed by atoms with Crippen LogP contribution in [-0.2, 0) is 11.2 Å². The highest BCUT2D eigenvalue weighted by Crippen LogP contribution is 2.58. The summed E-state index contributed by atoms with van der Waals surface area (Å²) in [6.45, 7) is 2.15. The zero-order chi connectivity index (χ0) is 13.8. The fraction of sp³-hybridized carbons (Fsp3) is 0.400. The molecule has 2 nitrogen and oxygen atoms in total. The number of phenols is 1. The van der Waals surface area contributed by atoms with Gasteiger partial charge in [-0.15, -0.1) is 0 Å². The van der Waals surface area contributed by atoms with Gasteiger partial charge in [-0.1, -0.05) is 13.0 Å². The van der Waals surface area contributed by atoms with Gasteiger partial charge in [0.15, 0.2) is 5.78 Å². The molecule has 1 aromatic rings. The van der Waals surface area contributed by atoms with E-state index in [1.807, 2.05) is 6.07 Å². The Labute approximate surface area is 129 Å². The number of aromatic hydroxyl groups is 1. The van der Waals surface area contributed by atoms with E-state index in [1.165, 1.54) is 0 Å². The van der Waals surface area contributed by atoms with E-state index in [0.29, 0.717) is 6.42 Å². The molecule has 0 bridgehead atoms. The maximum atomic E-state index is 12.1. The Morgan fingerprint density at radius 3 is 2.79 bits per heavy atom. The van der Waals surface area contributed by atoms with Crippen molar-refractivity contribution in [2.75, 3.05) is 0 Å². The van der Waals surface area contributed by atoms with Crippen LogP contribution in [0, 0.1) is 5.41 Å². The Morgan fingerprint density at radius 2 is 2.11 bits per heavy atom. The van der Waals surface area contributed by atoms with Gasteiger partial charge in [0.2, 0.25) is 0 Å². The number of Topliss-reactive ketones (excluding diaryl/α,β-unsaturated/α-hetero) is 1. The van der Waals surface area contributed by atoms with Crippen LogP contribution in [0.5, 0.6) is 5.75 Å². The summed E-state index contributed by atoms with van der Waals surface area (Å²) in [6, 6.07) is 3.64. The number of benzene rings is 1. The van der Waals surface area contributed by atoms with Crippen molar-refractivity contribution < 1.29 is 9.90 Å². The smallest absolute Gasteiger partial charge is 0.171 e. The molecule has 1 atom stereocenters. The van der Waals surface area contributed by atoms with E-state index in [0.717, 1.165) is 44.9 Å². The van der Waals surface area contributed by atoms with Crippen molar-refractivity contribution in [3.05, 3.63) is 32.2 Å². The Hall–Kier alpha value is -0.610. The molecule has 1 unspecified atom stereocenters. The van der Waals surface area contributed by atoms with Gasteiger partial charge in [0.25, 0.3) is 0 Å². The lowest BCUT2D eigenvalue weighted by atomic mass is 9.67. The van der Waals surface area contributed by atoms with Gasteiger partial charge in [0.05, 0.1) is 8.96 Å². The topological polar surface area (TPSA) is 37.3 Å². The van der Waals surface area contributed by atoms with E-state index < -0.39 is 0 Å². The first-order valence-electron chi connectivity index (χ1n) is 6.44. The average Bonchev–Trinajstić information content (AvgIpc) is 2.67. The van der Waals surface area contributed by atoms with Gasteiger partial charge in [-0.3, -0.25) is 4.79 Å². The highest BCUT2D eigenvalue weighted by atomic mass is 79.9. The summed E-state index contributed by atoms with van der Waals surface area (Å²) in [7, 11) is 0. The quantitative estimate of drug-likeness (QED) is 0.768. The molecule has 0 aromatic heterocycles. The lowest BCUT2D eigenvalue weighted by Gasteiger charge is -2.36. The Kier molecular flexibility index (Phi) is 3.13. The van der Waals surface area contributed by atoms with Crippen LogP contribution in [0.25, 0.3) is 5.57 Å². The number of halogens is 2. The molecule has 2 aliphatic rings. The fourth-order valence-electron chi connectivity index (χ4n) is 3.39. The number of carbonyl (C=O) groups is 1. The van der Waals surface area contributed by atoms with Crippen molar-refractivity contribution in [2.45, 2.75) is 32.6 Å². The van der Waals surface area contributed by atoms with Crippen LogP contribution in [0.15, 0.2) is 21.1 Å². The second-order valence-corrected chi connectivity index (χ2v) is 6.93. The van der Waals surface area contributed by atoms with E-state index in [4.69, 9.17) is 0 Å². The number of hydrogen-bond donors (Lipinski definition) is 1. The predicted molar refractivity (Wildman–Crippen MR) is 82.3 cm³/mol. The first kappa shape index (κ1) is 13.4. The number of carbonyl (C=O) groups excluding carboxylic acids is 1. The molecule has 100 valence electrons. The highest BCUT2D eigenvalue weighted by Gasteiger charge is 2.46. The summed E-state index contributed by atoms with van der Waals surface area (Å²) in [5.41, 5.74) is 3.35. The zero-order valence-electron chi connectivity index (χ0n) is 10.6. The van der Waals surface area contributed by atoms with Crippen molar-refractivity contribution in [1.82, 2.24) is 0 Å². The summed E-state index contributed by atoms with van der Waals surface area (Å²) in [5.74, 6) is 0.470. The van der Waals surface area contributed by atoms with Gasteiger partial charge in [-0.2, -0.15) is 0 Å². The minimum atomic E-state index is -0.0146. The summed E-state index contributed by atoms with van der Waals surface area (Å²) >= 11 is 6.95. The first-order chi connectivity index (χ1) is 9.00. The van der Waals surface area contributed by atoms with Crippen molar-refractivity contribution >= 4 is 43.2 Å². The number of ketones is 1. The number of rotatable bonds is 1. The van der Waals surface area contributed by atoms with Gasteiger partial charge < -0.3 is 5.11 Å². The van der Waals surface area contributed by atoms with E-state index in [2.05, 4.69) is 38.8 Å². The van der Waals surface area contributed by atoms with Crippen LogP contribution in [0.3, 0.4) is 0 Å². The summed E-state index contributed by atoms with van der Waals surface area (Å²) in [5, 5.41) is 9.81. The average molecular weight is 386 g/mol. The normalized spacial score (nSPS) is 25.5. The molecule has 0 spiro atoms. The van der Waals surface area contributed by atoms with Crippen LogP contribution >= 0.6 is 31.9 Å². The third-order valence-corrected chi connectivity index (χ3v) is 6.24. The van der Waals surface area contributed by atoms with Gasteiger partial charge >= 0.3 is 0 Å². The molecule has 1 aromatic carbocycles. The largest absolute Gasteiger partial charge is 0.507 e. The van der Waals surface area contributed by atoms with Crippen LogP contribution < -0.4 is 0 Å². The van der Waals surface area contributed by atoms with Crippen LogP contribution in [-0.4, -0.2) is 10.9 Å². The molecule has 1 N–H and O–H groups in total. The minimum absolute atomic E-state index is 0.0146. The monoisotopic (exact) mass is 384 g/mol. The van der Waals surface area contributed by atoms with Crippen molar-refractivity contribution in [2.24, 2.45) is 5.41 Å². The Bertz CT molecular complexity index is 619. The molecule has 2 aliphatic carbocycles. The van der Waals surface area contributed by atoms with E-state index in [1.54, 1.807) is 6.07 Å². The molecular formula is C15H14Br2O2. The molecule has 0 amide bonds. The molecule has 0 heterocycles. The van der Waals surface area contributed by atoms with Crippen molar-refractivity contribution in [3.63, 3.8) is 0 Å². The van der Waals surface area contributed by atoms with Gasteiger partial charge in [0.1, 0.15) is 5.75 Å². The Morgan fingerprint density at radius 1 is 1.37 bits per heavy atom. The number of allylic oxidation sites excluding steroid dienone is 2. The third kappa shape index (κ3) is 1.76. The zero-order valence-corrected chi connectivity index (χ0v) is 13.8. The summed E-state index contributed by atoms with van der Waals surface area (Å²) in [6.07, 6.45) is 3.45. The lowest BCUT2D eigenvalue weighted by molar-refractivity contribution is -0.115. The predicted octanol–water partition coefficient (Wildman–Crippen LogP) is 4.58. The lowest BCUT2D eigenvalue weighted by Crippen LogP contribution is -2.25. The van der Waals surface area contributed by atoms with E-state index in [9.17, 15) is 9.90 Å². The van der Waals surface area contributed by atoms with Crippen LogP contribution in [0.4, 0.5) is 0 Å². The number of phenolic OH excluding ortho intramolecular Hbond substituents is 1. The maximum Gasteiger partial charge on any atom is 0.171 e. The molecule has 0 saturated heterocycles. The number of hydrogen-bond acceptors (Lipinski definition) is 2. The molecule has 0 aliphatic heterocycles. The first-order valence-corrected chi connectivity index (χ1v) is 8.03. The van der Waals surface area contributed by atoms with E-state index in [-0.39, 0.29) is 16.9 Å². The van der Waals surface area contributed by atoms with Crippen LogP contribution in [0.1, 0.15) is 37.3 Å². The minimum Gasteiger partial charge on any atom is -0.507 e. The van der Waals surface area contributed by atoms with Crippen molar-refractivity contribution in [3.8, 4) is 5.75 Å². The molecular weight excluding hydrogens is 372 g/mol. The summed E-state index contributed by atoms with van der Waals surface area (Å²) in [4.78, 5) is 12.1. The molecule has 3 rings (SSSR count). The fourth-order valence-corrected chi connectivity index (χ4v) is 4.71. The molecule has 4 heteroatoms. The Balaban J connectivity index is 2.29. The van der Waals surface area contributed by atoms with E-state index >= 15 is 0 Å². The van der Waals surface area contributed by atoms with Gasteiger partial charge in [0, 0.05) is 11.8 Å². The number of fused-ring (bicyclic) bond motifs is 3. The van der Waals surface area contributed by atoms with Crippen LogP contribution in [0.2, 0.25) is 0 Å². The second-order valence-electron chi connectivity index (χ2n) is 5.35. The third-order valence-electron chi connectivity index (χ3n) is 4.52. The second kappa shape index (κ2) is 4.45. The van der Waals surface area contributed by atoms with Gasteiger partial charge in [-0.05, 0) is 73.9 Å². The standard InChI is InChI=1S/C15H14Br2O2/c1-2-15-6-5-9-8(3-4-10(18)13(9)16)12(15)14(17)11(19)7-15/h3-4,18H,2,5-7H2,1H3. The maximum absolute atomic E-state index is 12.1. The molecule has 19 heavy (non-hydrogen) atoms. The SMILES string of the molecule is CCC12CCc3c(ccc(O)c3Br)C1=C(Br)C(=O)C2. The molecule has 0 saturated carbocycles. The molecule has 0 radical (unpaired) electrons. The molecule has 0 fully saturated rings. The highest BCUT2D eigenvalue weighted by molar-refractivity contribution is 9.12. The summed E-state index contributed by atoms with van der Waals surface area (Å²) < 4.78 is 1.50. The van der Waals surface area contributed by atoms with Gasteiger partial charge in [-0.25, -0.2) is 0 Å². The van der Waals surface area contributed by atoms with Crippen molar-refractivity contribution in [1.29, 1.82) is 0 Å².